The fraction of sp³-hybridized carbons (Fsp3) is 0.200. The molecule has 0 aromatic carbocycles. The van der Waals surface area contributed by atoms with Crippen LogP contribution in [-0.4, -0.2) is 0 Å². The second-order valence-electron chi connectivity index (χ2n) is 2.65. The monoisotopic (exact) mass is 162 g/mol. The topological polar surface area (TPSA) is 0 Å². The highest BCUT2D eigenvalue weighted by atomic mass is 32.1. The Bertz CT molecular complexity index is 278. The second kappa shape index (κ2) is 3.05. The molecule has 56 valence electrons. The van der Waals surface area contributed by atoms with Gasteiger partial charge < -0.3 is 0 Å². The fourth-order valence-electron chi connectivity index (χ4n) is 1.26. The van der Waals surface area contributed by atoms with Crippen LogP contribution >= 0.6 is 11.3 Å². The Balaban J connectivity index is 2.29. The first kappa shape index (κ1) is 6.86. The zero-order valence-corrected chi connectivity index (χ0v) is 7.10. The molecule has 0 nitrogen and oxygen atoms in total. The van der Waals surface area contributed by atoms with Gasteiger partial charge in [0.2, 0.25) is 0 Å². The van der Waals surface area contributed by atoms with Crippen molar-refractivity contribution in [2.75, 3.05) is 0 Å². The predicted octanol–water partition coefficient (Wildman–Crippen LogP) is 3.48. The van der Waals surface area contributed by atoms with Crippen LogP contribution in [0.1, 0.15) is 18.4 Å². The molecule has 0 spiro atoms. The minimum Gasteiger partial charge on any atom is -0.152 e. The summed E-state index contributed by atoms with van der Waals surface area (Å²) in [5, 5.41) is 4.32. The van der Waals surface area contributed by atoms with E-state index >= 15 is 0 Å². The molecule has 0 unspecified atom stereocenters. The minimum absolute atomic E-state index is 1.20. The van der Waals surface area contributed by atoms with Gasteiger partial charge in [0.25, 0.3) is 0 Å². The molecule has 0 atom stereocenters. The predicted molar refractivity (Wildman–Crippen MR) is 50.7 cm³/mol. The molecule has 0 fully saturated rings. The highest BCUT2D eigenvalue weighted by molar-refractivity contribution is 7.08. The van der Waals surface area contributed by atoms with E-state index in [9.17, 15) is 0 Å². The van der Waals surface area contributed by atoms with E-state index in [0.29, 0.717) is 0 Å². The van der Waals surface area contributed by atoms with Gasteiger partial charge in [-0.3, -0.25) is 0 Å². The summed E-state index contributed by atoms with van der Waals surface area (Å²) in [6.07, 6.45) is 9.16. The van der Waals surface area contributed by atoms with Crippen molar-refractivity contribution in [1.82, 2.24) is 0 Å². The third-order valence-electron chi connectivity index (χ3n) is 1.85. The summed E-state index contributed by atoms with van der Waals surface area (Å²) < 4.78 is 0. The maximum absolute atomic E-state index is 2.31. The summed E-state index contributed by atoms with van der Waals surface area (Å²) in [7, 11) is 0. The first-order chi connectivity index (χ1) is 5.47. The molecule has 2 rings (SSSR count). The average Bonchev–Trinajstić information content (AvgIpc) is 2.58. The average molecular weight is 162 g/mol. The summed E-state index contributed by atoms with van der Waals surface area (Å²) >= 11 is 1.76. The van der Waals surface area contributed by atoms with Crippen molar-refractivity contribution in [3.63, 3.8) is 0 Å². The van der Waals surface area contributed by atoms with E-state index in [1.54, 1.807) is 11.3 Å². The lowest BCUT2D eigenvalue weighted by molar-refractivity contribution is 1.04. The van der Waals surface area contributed by atoms with Gasteiger partial charge in [-0.15, -0.1) is 0 Å². The van der Waals surface area contributed by atoms with Gasteiger partial charge in [-0.05, 0) is 40.8 Å². The van der Waals surface area contributed by atoms with Crippen molar-refractivity contribution in [3.8, 4) is 0 Å². The van der Waals surface area contributed by atoms with Crippen LogP contribution in [0.25, 0.3) is 5.57 Å². The Morgan fingerprint density at radius 1 is 1.27 bits per heavy atom. The first-order valence-corrected chi connectivity index (χ1v) is 4.80. The van der Waals surface area contributed by atoms with E-state index in [2.05, 4.69) is 35.1 Å². The largest absolute Gasteiger partial charge is 0.152 e. The first-order valence-electron chi connectivity index (χ1n) is 3.86. The van der Waals surface area contributed by atoms with Gasteiger partial charge in [0.1, 0.15) is 0 Å². The van der Waals surface area contributed by atoms with Gasteiger partial charge in [0.15, 0.2) is 0 Å². The number of hydrogen-bond acceptors (Lipinski definition) is 1. The van der Waals surface area contributed by atoms with E-state index in [0.717, 1.165) is 0 Å². The van der Waals surface area contributed by atoms with Gasteiger partial charge in [-0.1, -0.05) is 18.2 Å². The number of hydrogen-bond donors (Lipinski definition) is 0. The SMILES string of the molecule is C1=CC(c2ccsc2)=CCC1. The zero-order chi connectivity index (χ0) is 7.52. The lowest BCUT2D eigenvalue weighted by Gasteiger charge is -2.03. The molecule has 1 aromatic rings. The molecule has 0 saturated heterocycles. The molecule has 1 aromatic heterocycles. The van der Waals surface area contributed by atoms with E-state index in [1.807, 2.05) is 0 Å². The molecule has 0 radical (unpaired) electrons. The van der Waals surface area contributed by atoms with Crippen molar-refractivity contribution in [2.24, 2.45) is 0 Å². The van der Waals surface area contributed by atoms with Crippen molar-refractivity contribution in [2.45, 2.75) is 12.8 Å². The lowest BCUT2D eigenvalue weighted by Crippen LogP contribution is -1.81. The minimum atomic E-state index is 1.20. The van der Waals surface area contributed by atoms with Crippen LogP contribution in [0.4, 0.5) is 0 Å². The van der Waals surface area contributed by atoms with Crippen LogP contribution in [-0.2, 0) is 0 Å². The standard InChI is InChI=1S/C10H10S/c1-2-4-9(5-3-1)10-6-7-11-8-10/h2,4-8H,1,3H2. The van der Waals surface area contributed by atoms with Crippen LogP contribution in [0.15, 0.2) is 35.1 Å². The third kappa shape index (κ3) is 1.43. The Hall–Kier alpha value is -0.820. The molecule has 0 saturated carbocycles. The Morgan fingerprint density at radius 2 is 2.27 bits per heavy atom. The van der Waals surface area contributed by atoms with E-state index in [4.69, 9.17) is 0 Å². The number of thiophene rings is 1. The van der Waals surface area contributed by atoms with Gasteiger partial charge in [-0.2, -0.15) is 11.3 Å². The maximum Gasteiger partial charge on any atom is -0.00149 e. The molecular formula is C10H10S. The highest BCUT2D eigenvalue weighted by Crippen LogP contribution is 2.22. The number of rotatable bonds is 1. The normalized spacial score (nSPS) is 16.5. The molecule has 0 amide bonds. The van der Waals surface area contributed by atoms with E-state index in [1.165, 1.54) is 24.0 Å². The quantitative estimate of drug-likeness (QED) is 0.593. The highest BCUT2D eigenvalue weighted by Gasteiger charge is 1.99. The summed E-state index contributed by atoms with van der Waals surface area (Å²) in [4.78, 5) is 0. The van der Waals surface area contributed by atoms with Crippen molar-refractivity contribution in [1.29, 1.82) is 0 Å². The van der Waals surface area contributed by atoms with Crippen molar-refractivity contribution >= 4 is 16.9 Å². The second-order valence-corrected chi connectivity index (χ2v) is 3.43. The van der Waals surface area contributed by atoms with Crippen LogP contribution in [0.3, 0.4) is 0 Å². The molecule has 1 aliphatic rings. The summed E-state index contributed by atoms with van der Waals surface area (Å²) in [5.74, 6) is 0. The molecule has 11 heavy (non-hydrogen) atoms. The molecule has 0 bridgehead atoms. The summed E-state index contributed by atoms with van der Waals surface area (Å²) in [6, 6.07) is 2.17. The van der Waals surface area contributed by atoms with Gasteiger partial charge in [0.05, 0.1) is 0 Å². The zero-order valence-electron chi connectivity index (χ0n) is 6.29. The number of allylic oxidation sites excluding steroid dienone is 4. The van der Waals surface area contributed by atoms with E-state index in [-0.39, 0.29) is 0 Å². The maximum atomic E-state index is 2.31. The van der Waals surface area contributed by atoms with Crippen LogP contribution in [0.2, 0.25) is 0 Å². The lowest BCUT2D eigenvalue weighted by atomic mass is 10.0. The van der Waals surface area contributed by atoms with Crippen LogP contribution in [0.5, 0.6) is 0 Å². The van der Waals surface area contributed by atoms with E-state index < -0.39 is 0 Å². The smallest absolute Gasteiger partial charge is 0.00149 e. The summed E-state index contributed by atoms with van der Waals surface area (Å²) in [6.45, 7) is 0. The van der Waals surface area contributed by atoms with Gasteiger partial charge >= 0.3 is 0 Å². The third-order valence-corrected chi connectivity index (χ3v) is 2.53. The molecule has 1 aliphatic carbocycles. The van der Waals surface area contributed by atoms with Gasteiger partial charge in [-0.25, -0.2) is 0 Å². The molecule has 0 N–H and O–H groups in total. The Morgan fingerprint density at radius 3 is 2.91 bits per heavy atom. The van der Waals surface area contributed by atoms with Gasteiger partial charge in [0, 0.05) is 0 Å². The van der Waals surface area contributed by atoms with Crippen LogP contribution < -0.4 is 0 Å². The van der Waals surface area contributed by atoms with Crippen molar-refractivity contribution < 1.29 is 0 Å². The molecule has 1 heterocycles. The Labute approximate surface area is 70.9 Å². The molecule has 0 aliphatic heterocycles. The molecular weight excluding hydrogens is 152 g/mol. The molecule has 1 heteroatoms. The Kier molecular flexibility index (Phi) is 1.91. The fourth-order valence-corrected chi connectivity index (χ4v) is 1.92. The summed E-state index contributed by atoms with van der Waals surface area (Å²) in [5.41, 5.74) is 2.75. The van der Waals surface area contributed by atoms with Crippen molar-refractivity contribution in [3.05, 3.63) is 40.6 Å². The van der Waals surface area contributed by atoms with Crippen LogP contribution in [0, 0.1) is 0 Å².